The lowest BCUT2D eigenvalue weighted by molar-refractivity contribution is -0.330. The predicted octanol–water partition coefficient (Wildman–Crippen LogP) is 1.95. The number of allylic oxidation sites excluding steroid dienone is 1. The van der Waals surface area contributed by atoms with Crippen LogP contribution in [0.4, 0.5) is 0 Å². The number of fused-ring (bicyclic) bond motifs is 2. The van der Waals surface area contributed by atoms with E-state index in [1.54, 1.807) is 6.08 Å². The van der Waals surface area contributed by atoms with Gasteiger partial charge >= 0.3 is 0 Å². The van der Waals surface area contributed by atoms with Gasteiger partial charge in [-0.2, -0.15) is 0 Å². The Labute approximate surface area is 124 Å². The minimum Gasteiger partial charge on any atom is -0.349 e. The molecule has 4 aliphatic rings. The minimum atomic E-state index is -0.665. The Morgan fingerprint density at radius 2 is 1.95 bits per heavy atom. The van der Waals surface area contributed by atoms with Gasteiger partial charge in [-0.05, 0) is 38.8 Å². The van der Waals surface area contributed by atoms with Crippen molar-refractivity contribution in [3.63, 3.8) is 0 Å². The van der Waals surface area contributed by atoms with E-state index in [-0.39, 0.29) is 17.8 Å². The molecule has 5 heteroatoms. The molecule has 2 spiro atoms. The maximum absolute atomic E-state index is 12.2. The van der Waals surface area contributed by atoms with Crippen LogP contribution in [-0.2, 0) is 23.7 Å². The number of rotatable bonds is 0. The molecule has 0 N–H and O–H groups in total. The second kappa shape index (κ2) is 4.38. The maximum Gasteiger partial charge on any atom is 0.168 e. The molecule has 5 nitrogen and oxygen atoms in total. The molecule has 21 heavy (non-hydrogen) atoms. The van der Waals surface area contributed by atoms with E-state index in [0.717, 1.165) is 25.7 Å². The lowest BCUT2D eigenvalue weighted by Crippen LogP contribution is -2.61. The molecule has 2 aliphatic carbocycles. The van der Waals surface area contributed by atoms with E-state index in [0.29, 0.717) is 13.2 Å². The molecule has 0 unspecified atom stereocenters. The fourth-order valence-corrected chi connectivity index (χ4v) is 3.99. The van der Waals surface area contributed by atoms with Crippen molar-refractivity contribution in [2.75, 3.05) is 13.2 Å². The molecule has 0 amide bonds. The Morgan fingerprint density at radius 3 is 2.62 bits per heavy atom. The summed E-state index contributed by atoms with van der Waals surface area (Å²) in [6.45, 7) is 4.62. The van der Waals surface area contributed by atoms with Crippen LogP contribution >= 0.6 is 0 Å². The van der Waals surface area contributed by atoms with Crippen LogP contribution in [0.2, 0.25) is 0 Å². The molecular weight excluding hydrogens is 272 g/mol. The van der Waals surface area contributed by atoms with E-state index in [4.69, 9.17) is 18.9 Å². The quantitative estimate of drug-likeness (QED) is 0.683. The second-order valence-electron chi connectivity index (χ2n) is 7.05. The standard InChI is InChI=1S/C16H22O5/c1-14(2)19-10-15(21-14)8-5-12(17)11-9-18-16(20-13(11)15)6-3-4-7-16/h5,8,11,13H,3-4,6-7,9-10H2,1-2H3/t11-,13+,15-/m1/s1. The van der Waals surface area contributed by atoms with Gasteiger partial charge in [-0.25, -0.2) is 0 Å². The number of ketones is 1. The Morgan fingerprint density at radius 1 is 1.19 bits per heavy atom. The Bertz CT molecular complexity index is 491. The van der Waals surface area contributed by atoms with Crippen LogP contribution in [0.3, 0.4) is 0 Å². The van der Waals surface area contributed by atoms with Crippen LogP contribution in [0.15, 0.2) is 12.2 Å². The highest BCUT2D eigenvalue weighted by atomic mass is 16.8. The van der Waals surface area contributed by atoms with E-state index >= 15 is 0 Å². The highest BCUT2D eigenvalue weighted by molar-refractivity contribution is 5.94. The van der Waals surface area contributed by atoms with Crippen LogP contribution in [0.1, 0.15) is 39.5 Å². The third-order valence-electron chi connectivity index (χ3n) is 5.06. The Kier molecular flexibility index (Phi) is 2.90. The van der Waals surface area contributed by atoms with Crippen molar-refractivity contribution in [3.8, 4) is 0 Å². The number of carbonyl (C=O) groups is 1. The van der Waals surface area contributed by atoms with Crippen molar-refractivity contribution >= 4 is 5.78 Å². The number of hydrogen-bond donors (Lipinski definition) is 0. The zero-order valence-electron chi connectivity index (χ0n) is 12.6. The first-order valence-electron chi connectivity index (χ1n) is 7.83. The lowest BCUT2D eigenvalue weighted by Gasteiger charge is -2.49. The fourth-order valence-electron chi connectivity index (χ4n) is 3.99. The summed E-state index contributed by atoms with van der Waals surface area (Å²) < 4.78 is 24.2. The van der Waals surface area contributed by atoms with Gasteiger partial charge in [0, 0.05) is 12.8 Å². The van der Waals surface area contributed by atoms with Gasteiger partial charge in [0.05, 0.1) is 19.1 Å². The molecule has 0 aromatic heterocycles. The molecule has 2 aliphatic heterocycles. The zero-order valence-corrected chi connectivity index (χ0v) is 12.6. The third-order valence-corrected chi connectivity index (χ3v) is 5.06. The van der Waals surface area contributed by atoms with Crippen LogP contribution < -0.4 is 0 Å². The van der Waals surface area contributed by atoms with Crippen molar-refractivity contribution in [1.82, 2.24) is 0 Å². The molecule has 1 saturated carbocycles. The first kappa shape index (κ1) is 13.9. The summed E-state index contributed by atoms with van der Waals surface area (Å²) in [5.41, 5.74) is -0.665. The van der Waals surface area contributed by atoms with Crippen LogP contribution in [0, 0.1) is 5.92 Å². The third kappa shape index (κ3) is 2.10. The van der Waals surface area contributed by atoms with Gasteiger partial charge in [0.25, 0.3) is 0 Å². The van der Waals surface area contributed by atoms with Gasteiger partial charge in [-0.1, -0.05) is 0 Å². The first-order valence-corrected chi connectivity index (χ1v) is 7.83. The average Bonchev–Trinajstić information content (AvgIpc) is 3.01. The molecule has 2 saturated heterocycles. The monoisotopic (exact) mass is 294 g/mol. The SMILES string of the molecule is CC1(C)OC[C@@]2(C=CC(=O)[C@H]3COC4(CCCC4)O[C@@H]32)O1. The van der Waals surface area contributed by atoms with Gasteiger partial charge in [-0.15, -0.1) is 0 Å². The molecule has 0 aromatic carbocycles. The minimum absolute atomic E-state index is 0.0618. The van der Waals surface area contributed by atoms with E-state index in [1.807, 2.05) is 19.9 Å². The number of ether oxygens (including phenoxy) is 4. The van der Waals surface area contributed by atoms with E-state index in [9.17, 15) is 4.79 Å². The van der Waals surface area contributed by atoms with Gasteiger partial charge < -0.3 is 18.9 Å². The molecular formula is C16H22O5. The average molecular weight is 294 g/mol. The molecule has 4 rings (SSSR count). The maximum atomic E-state index is 12.2. The molecule has 0 radical (unpaired) electrons. The van der Waals surface area contributed by atoms with E-state index < -0.39 is 17.2 Å². The normalized spacial score (nSPS) is 43.6. The van der Waals surface area contributed by atoms with E-state index in [2.05, 4.69) is 0 Å². The molecule has 2 heterocycles. The summed E-state index contributed by atoms with van der Waals surface area (Å²) >= 11 is 0. The van der Waals surface area contributed by atoms with Crippen molar-refractivity contribution in [2.24, 2.45) is 5.92 Å². The summed E-state index contributed by atoms with van der Waals surface area (Å²) in [7, 11) is 0. The number of carbonyl (C=O) groups excluding carboxylic acids is 1. The molecule has 0 aromatic rings. The first-order chi connectivity index (χ1) is 9.94. The van der Waals surface area contributed by atoms with Crippen molar-refractivity contribution in [1.29, 1.82) is 0 Å². The Balaban J connectivity index is 1.68. The van der Waals surface area contributed by atoms with Crippen molar-refractivity contribution in [3.05, 3.63) is 12.2 Å². The molecule has 3 fully saturated rings. The molecule has 0 bridgehead atoms. The predicted molar refractivity (Wildman–Crippen MR) is 73.5 cm³/mol. The Hall–Kier alpha value is -0.750. The van der Waals surface area contributed by atoms with Gasteiger partial charge in [0.2, 0.25) is 0 Å². The summed E-state index contributed by atoms with van der Waals surface area (Å²) in [5, 5.41) is 0. The van der Waals surface area contributed by atoms with Crippen LogP contribution in [0.5, 0.6) is 0 Å². The summed E-state index contributed by atoms with van der Waals surface area (Å²) in [6.07, 6.45) is 7.13. The highest BCUT2D eigenvalue weighted by Crippen LogP contribution is 2.48. The van der Waals surface area contributed by atoms with Gasteiger partial charge in [0.15, 0.2) is 17.4 Å². The van der Waals surface area contributed by atoms with Crippen LogP contribution in [-0.4, -0.2) is 42.3 Å². The topological polar surface area (TPSA) is 54.0 Å². The smallest absolute Gasteiger partial charge is 0.168 e. The lowest BCUT2D eigenvalue weighted by atomic mass is 9.79. The fraction of sp³-hybridized carbons (Fsp3) is 0.812. The van der Waals surface area contributed by atoms with Crippen molar-refractivity contribution in [2.45, 2.75) is 62.8 Å². The summed E-state index contributed by atoms with van der Waals surface area (Å²) in [4.78, 5) is 12.2. The summed E-state index contributed by atoms with van der Waals surface area (Å²) in [6, 6.07) is 0. The summed E-state index contributed by atoms with van der Waals surface area (Å²) in [5.74, 6) is -1.40. The zero-order chi connectivity index (χ0) is 14.7. The second-order valence-corrected chi connectivity index (χ2v) is 7.05. The number of hydrogen-bond acceptors (Lipinski definition) is 5. The van der Waals surface area contributed by atoms with Crippen LogP contribution in [0.25, 0.3) is 0 Å². The molecule has 3 atom stereocenters. The molecule has 116 valence electrons. The van der Waals surface area contributed by atoms with Gasteiger partial charge in [0.1, 0.15) is 11.7 Å². The highest BCUT2D eigenvalue weighted by Gasteiger charge is 2.60. The van der Waals surface area contributed by atoms with E-state index in [1.165, 1.54) is 0 Å². The largest absolute Gasteiger partial charge is 0.349 e. The van der Waals surface area contributed by atoms with Crippen molar-refractivity contribution < 1.29 is 23.7 Å². The van der Waals surface area contributed by atoms with Gasteiger partial charge in [-0.3, -0.25) is 4.79 Å².